The number of sulfone groups is 1. The van der Waals surface area contributed by atoms with Crippen LogP contribution < -0.4 is 5.32 Å². The van der Waals surface area contributed by atoms with Crippen molar-refractivity contribution in [3.8, 4) is 0 Å². The Bertz CT molecular complexity index is 555. The standard InChI is InChI=1S/C13H17NO4S/c1-18-12(15)13(8-5-9-19(16,17)10-13)14-11-6-3-2-4-7-11/h2-4,6-7,14H,5,8-10H2,1H3. The number of ether oxygens (including phenoxy) is 1. The summed E-state index contributed by atoms with van der Waals surface area (Å²) in [5.41, 5.74) is -0.460. The maximum atomic E-state index is 12.0. The van der Waals surface area contributed by atoms with E-state index in [0.717, 1.165) is 0 Å². The van der Waals surface area contributed by atoms with Crippen LogP contribution in [0.1, 0.15) is 12.8 Å². The molecule has 1 fully saturated rings. The monoisotopic (exact) mass is 283 g/mol. The van der Waals surface area contributed by atoms with E-state index < -0.39 is 21.3 Å². The highest BCUT2D eigenvalue weighted by Crippen LogP contribution is 2.28. The summed E-state index contributed by atoms with van der Waals surface area (Å²) in [6.45, 7) is 0. The number of anilines is 1. The topological polar surface area (TPSA) is 72.5 Å². The van der Waals surface area contributed by atoms with Crippen molar-refractivity contribution < 1.29 is 17.9 Å². The van der Waals surface area contributed by atoms with E-state index in [2.05, 4.69) is 5.32 Å². The van der Waals surface area contributed by atoms with Gasteiger partial charge in [-0.3, -0.25) is 0 Å². The van der Waals surface area contributed by atoms with Crippen LogP contribution in [-0.2, 0) is 19.4 Å². The molecular formula is C13H17NO4S. The van der Waals surface area contributed by atoms with E-state index in [0.29, 0.717) is 18.5 Å². The van der Waals surface area contributed by atoms with Crippen molar-refractivity contribution in [2.75, 3.05) is 23.9 Å². The number of benzene rings is 1. The van der Waals surface area contributed by atoms with Gasteiger partial charge in [0.2, 0.25) is 0 Å². The van der Waals surface area contributed by atoms with Crippen LogP contribution in [0.4, 0.5) is 5.69 Å². The van der Waals surface area contributed by atoms with Gasteiger partial charge in [0.05, 0.1) is 18.6 Å². The lowest BCUT2D eigenvalue weighted by atomic mass is 9.95. The Hall–Kier alpha value is -1.56. The number of nitrogens with one attached hydrogen (secondary N) is 1. The van der Waals surface area contributed by atoms with Gasteiger partial charge in [-0.2, -0.15) is 0 Å². The molecule has 0 amide bonds. The van der Waals surface area contributed by atoms with Crippen LogP contribution in [0.5, 0.6) is 0 Å². The Morgan fingerprint density at radius 2 is 2.00 bits per heavy atom. The van der Waals surface area contributed by atoms with Crippen molar-refractivity contribution in [3.63, 3.8) is 0 Å². The average molecular weight is 283 g/mol. The summed E-state index contributed by atoms with van der Waals surface area (Å²) >= 11 is 0. The van der Waals surface area contributed by atoms with E-state index >= 15 is 0 Å². The molecular weight excluding hydrogens is 266 g/mol. The SMILES string of the molecule is COC(=O)C1(Nc2ccccc2)CCCS(=O)(=O)C1. The Morgan fingerprint density at radius 3 is 2.58 bits per heavy atom. The largest absolute Gasteiger partial charge is 0.467 e. The number of esters is 1. The molecule has 1 N–H and O–H groups in total. The first-order valence-electron chi connectivity index (χ1n) is 6.09. The van der Waals surface area contributed by atoms with Crippen molar-refractivity contribution in [2.45, 2.75) is 18.4 Å². The fourth-order valence-electron chi connectivity index (χ4n) is 2.42. The number of para-hydroxylation sites is 1. The van der Waals surface area contributed by atoms with Crippen molar-refractivity contribution in [1.29, 1.82) is 0 Å². The molecule has 1 aromatic rings. The summed E-state index contributed by atoms with van der Waals surface area (Å²) in [5, 5.41) is 3.05. The third-order valence-corrected chi connectivity index (χ3v) is 5.10. The van der Waals surface area contributed by atoms with Crippen molar-refractivity contribution in [2.24, 2.45) is 0 Å². The second kappa shape index (κ2) is 5.21. The van der Waals surface area contributed by atoms with Crippen LogP contribution in [0.25, 0.3) is 0 Å². The number of methoxy groups -OCH3 is 1. The maximum Gasteiger partial charge on any atom is 0.332 e. The highest BCUT2D eigenvalue weighted by molar-refractivity contribution is 7.91. The van der Waals surface area contributed by atoms with Crippen molar-refractivity contribution in [3.05, 3.63) is 30.3 Å². The van der Waals surface area contributed by atoms with E-state index in [1.165, 1.54) is 7.11 Å². The molecule has 0 aromatic heterocycles. The number of rotatable bonds is 3. The van der Waals surface area contributed by atoms with Gasteiger partial charge in [-0.05, 0) is 25.0 Å². The molecule has 0 spiro atoms. The smallest absolute Gasteiger partial charge is 0.332 e. The molecule has 0 aliphatic carbocycles. The molecule has 1 atom stereocenters. The molecule has 0 radical (unpaired) electrons. The minimum Gasteiger partial charge on any atom is -0.467 e. The van der Waals surface area contributed by atoms with E-state index in [1.807, 2.05) is 18.2 Å². The molecule has 2 rings (SSSR count). The summed E-state index contributed by atoms with van der Waals surface area (Å²) in [6, 6.07) is 9.10. The van der Waals surface area contributed by atoms with Gasteiger partial charge in [-0.1, -0.05) is 18.2 Å². The summed E-state index contributed by atoms with van der Waals surface area (Å²) in [7, 11) is -1.95. The third kappa shape index (κ3) is 3.07. The van der Waals surface area contributed by atoms with Crippen LogP contribution in [0.2, 0.25) is 0 Å². The first-order chi connectivity index (χ1) is 8.97. The zero-order valence-corrected chi connectivity index (χ0v) is 11.6. The Kier molecular flexibility index (Phi) is 3.80. The Labute approximate surface area is 112 Å². The van der Waals surface area contributed by atoms with Gasteiger partial charge in [0.1, 0.15) is 5.54 Å². The van der Waals surface area contributed by atoms with Crippen LogP contribution in [0.3, 0.4) is 0 Å². The second-order valence-electron chi connectivity index (χ2n) is 4.76. The van der Waals surface area contributed by atoms with E-state index in [1.54, 1.807) is 12.1 Å². The van der Waals surface area contributed by atoms with Gasteiger partial charge in [-0.15, -0.1) is 0 Å². The number of carbonyl (C=O) groups is 1. The van der Waals surface area contributed by atoms with Crippen LogP contribution >= 0.6 is 0 Å². The van der Waals surface area contributed by atoms with Crippen molar-refractivity contribution >= 4 is 21.5 Å². The molecule has 19 heavy (non-hydrogen) atoms. The lowest BCUT2D eigenvalue weighted by molar-refractivity contribution is -0.145. The summed E-state index contributed by atoms with van der Waals surface area (Å²) < 4.78 is 28.5. The Morgan fingerprint density at radius 1 is 1.32 bits per heavy atom. The van der Waals surface area contributed by atoms with Gasteiger partial charge >= 0.3 is 5.97 Å². The molecule has 1 aliphatic heterocycles. The molecule has 5 nitrogen and oxygen atoms in total. The predicted molar refractivity (Wildman–Crippen MR) is 72.7 cm³/mol. The first kappa shape index (κ1) is 13.9. The highest BCUT2D eigenvalue weighted by Gasteiger charge is 2.46. The van der Waals surface area contributed by atoms with Crippen LogP contribution in [0, 0.1) is 0 Å². The average Bonchev–Trinajstić information content (AvgIpc) is 2.37. The van der Waals surface area contributed by atoms with Gasteiger partial charge in [0, 0.05) is 5.69 Å². The van der Waals surface area contributed by atoms with Crippen molar-refractivity contribution in [1.82, 2.24) is 0 Å². The van der Waals surface area contributed by atoms with Gasteiger partial charge in [0.25, 0.3) is 0 Å². The number of hydrogen-bond donors (Lipinski definition) is 1. The minimum atomic E-state index is -3.23. The summed E-state index contributed by atoms with van der Waals surface area (Å²) in [6.07, 6.45) is 0.908. The normalized spacial score (nSPS) is 25.5. The molecule has 0 bridgehead atoms. The molecule has 1 unspecified atom stereocenters. The maximum absolute atomic E-state index is 12.0. The zero-order chi connectivity index (χ0) is 13.9. The summed E-state index contributed by atoms with van der Waals surface area (Å²) in [5.74, 6) is -0.622. The fourth-order valence-corrected chi connectivity index (χ4v) is 4.23. The number of carbonyl (C=O) groups excluding carboxylic acids is 1. The van der Waals surface area contributed by atoms with E-state index in [-0.39, 0.29) is 11.5 Å². The van der Waals surface area contributed by atoms with Crippen LogP contribution in [0.15, 0.2) is 30.3 Å². The first-order valence-corrected chi connectivity index (χ1v) is 7.92. The zero-order valence-electron chi connectivity index (χ0n) is 10.8. The minimum absolute atomic E-state index is 0.127. The van der Waals surface area contributed by atoms with E-state index in [4.69, 9.17) is 4.74 Å². The lowest BCUT2D eigenvalue weighted by Crippen LogP contribution is -2.55. The molecule has 0 saturated carbocycles. The highest BCUT2D eigenvalue weighted by atomic mass is 32.2. The molecule has 1 saturated heterocycles. The van der Waals surface area contributed by atoms with Gasteiger partial charge in [-0.25, -0.2) is 13.2 Å². The van der Waals surface area contributed by atoms with Crippen LogP contribution in [-0.4, -0.2) is 38.5 Å². The number of hydrogen-bond acceptors (Lipinski definition) is 5. The molecule has 1 aromatic carbocycles. The van der Waals surface area contributed by atoms with E-state index in [9.17, 15) is 13.2 Å². The Balaban J connectivity index is 2.33. The quantitative estimate of drug-likeness (QED) is 0.844. The molecule has 104 valence electrons. The van der Waals surface area contributed by atoms with Gasteiger partial charge in [0.15, 0.2) is 9.84 Å². The molecule has 1 heterocycles. The molecule has 6 heteroatoms. The summed E-state index contributed by atoms with van der Waals surface area (Å²) in [4.78, 5) is 12.0. The third-order valence-electron chi connectivity index (χ3n) is 3.26. The van der Waals surface area contributed by atoms with Gasteiger partial charge < -0.3 is 10.1 Å². The molecule has 1 aliphatic rings. The lowest BCUT2D eigenvalue weighted by Gasteiger charge is -2.35. The second-order valence-corrected chi connectivity index (χ2v) is 6.94. The fraction of sp³-hybridized carbons (Fsp3) is 0.462. The predicted octanol–water partition coefficient (Wildman–Crippen LogP) is 1.22.